The number of halogens is 1. The van der Waals surface area contributed by atoms with E-state index in [-0.39, 0.29) is 5.78 Å². The second-order valence-electron chi connectivity index (χ2n) is 4.52. The lowest BCUT2D eigenvalue weighted by Crippen LogP contribution is -2.09. The Morgan fingerprint density at radius 1 is 1.52 bits per heavy atom. The molecule has 0 N–H and O–H groups in total. The number of ketones is 1. The minimum Gasteiger partial charge on any atom is -0.383 e. The summed E-state index contributed by atoms with van der Waals surface area (Å²) in [5.74, 6) is 0.514. The normalized spacial score (nSPS) is 11.0. The molecule has 0 aliphatic carbocycles. The molecule has 2 rings (SSSR count). The summed E-state index contributed by atoms with van der Waals surface area (Å²) in [5.41, 5.74) is 2.12. The summed E-state index contributed by atoms with van der Waals surface area (Å²) in [6.07, 6.45) is 0. The van der Waals surface area contributed by atoms with Gasteiger partial charge >= 0.3 is 0 Å². The molecule has 0 spiro atoms. The number of aryl methyl sites for hydroxylation is 1. The van der Waals surface area contributed by atoms with Crippen LogP contribution in [0.15, 0.2) is 21.1 Å². The van der Waals surface area contributed by atoms with Crippen LogP contribution in [0.1, 0.15) is 21.1 Å². The Morgan fingerprint density at radius 2 is 2.29 bits per heavy atom. The van der Waals surface area contributed by atoms with Crippen LogP contribution in [0.4, 0.5) is 0 Å². The molecule has 0 saturated heterocycles. The van der Waals surface area contributed by atoms with Gasteiger partial charge in [0.25, 0.3) is 0 Å². The number of methoxy groups -OCH3 is 1. The zero-order chi connectivity index (χ0) is 15.4. The lowest BCUT2D eigenvalue weighted by molar-refractivity contribution is 0.102. The molecule has 4 nitrogen and oxygen atoms in total. The summed E-state index contributed by atoms with van der Waals surface area (Å²) in [4.78, 5) is 17.5. The van der Waals surface area contributed by atoms with E-state index in [0.29, 0.717) is 12.4 Å². The molecule has 0 aromatic carbocycles. The van der Waals surface area contributed by atoms with Crippen LogP contribution >= 0.6 is 39.0 Å². The van der Waals surface area contributed by atoms with Crippen LogP contribution in [0.2, 0.25) is 0 Å². The van der Waals surface area contributed by atoms with Crippen LogP contribution in [0.5, 0.6) is 0 Å². The summed E-state index contributed by atoms with van der Waals surface area (Å²) in [5, 5.41) is 2.79. The molecule has 0 atom stereocenters. The second-order valence-corrected chi connectivity index (χ2v) is 7.23. The zero-order valence-electron chi connectivity index (χ0n) is 12.2. The Balaban J connectivity index is 2.08. The summed E-state index contributed by atoms with van der Waals surface area (Å²) < 4.78 is 8.12. The van der Waals surface area contributed by atoms with Crippen LogP contribution in [-0.4, -0.2) is 34.8 Å². The number of hydrogen-bond donors (Lipinski definition) is 0. The van der Waals surface area contributed by atoms with Crippen molar-refractivity contribution in [1.82, 2.24) is 9.55 Å². The maximum atomic E-state index is 12.2. The van der Waals surface area contributed by atoms with Gasteiger partial charge in [-0.2, -0.15) is 0 Å². The molecule has 2 aromatic rings. The van der Waals surface area contributed by atoms with Crippen LogP contribution in [-0.2, 0) is 11.3 Å². The predicted molar refractivity (Wildman–Crippen MR) is 90.7 cm³/mol. The maximum absolute atomic E-state index is 12.2. The van der Waals surface area contributed by atoms with E-state index in [9.17, 15) is 4.79 Å². The van der Waals surface area contributed by atoms with E-state index in [4.69, 9.17) is 4.74 Å². The third-order valence-electron chi connectivity index (χ3n) is 3.14. The first-order chi connectivity index (χ1) is 10.0. The van der Waals surface area contributed by atoms with E-state index in [1.807, 2.05) is 25.3 Å². The molecule has 0 amide bonds. The monoisotopic (exact) mass is 388 g/mol. The first kappa shape index (κ1) is 16.7. The Labute approximate surface area is 141 Å². The van der Waals surface area contributed by atoms with Crippen molar-refractivity contribution in [2.24, 2.45) is 0 Å². The number of Topliss-reactive ketones (excluding diaryl/α,β-unsaturated/α-hetero) is 1. The average Bonchev–Trinajstić information content (AvgIpc) is 3.00. The van der Waals surface area contributed by atoms with E-state index < -0.39 is 0 Å². The molecule has 2 heterocycles. The number of nitrogens with zero attached hydrogens (tertiary/aromatic N) is 2. The Bertz CT molecular complexity index is 637. The minimum absolute atomic E-state index is 0.124. The molecule has 0 radical (unpaired) electrons. The molecule has 0 saturated carbocycles. The average molecular weight is 389 g/mol. The van der Waals surface area contributed by atoms with E-state index >= 15 is 0 Å². The first-order valence-electron chi connectivity index (χ1n) is 6.46. The number of aromatic nitrogens is 2. The lowest BCUT2D eigenvalue weighted by Gasteiger charge is -2.08. The van der Waals surface area contributed by atoms with E-state index in [0.717, 1.165) is 32.4 Å². The summed E-state index contributed by atoms with van der Waals surface area (Å²) in [6.45, 7) is 5.41. The van der Waals surface area contributed by atoms with Crippen molar-refractivity contribution in [2.75, 3.05) is 19.5 Å². The van der Waals surface area contributed by atoms with Crippen molar-refractivity contribution >= 4 is 44.8 Å². The largest absolute Gasteiger partial charge is 0.383 e. The first-order valence-corrected chi connectivity index (χ1v) is 9.12. The molecular weight excluding hydrogens is 372 g/mol. The van der Waals surface area contributed by atoms with Gasteiger partial charge < -0.3 is 9.30 Å². The highest BCUT2D eigenvalue weighted by Gasteiger charge is 2.16. The van der Waals surface area contributed by atoms with Gasteiger partial charge in [0.15, 0.2) is 10.9 Å². The Kier molecular flexibility index (Phi) is 6.04. The fraction of sp³-hybridized carbons (Fsp3) is 0.429. The number of rotatable bonds is 7. The topological polar surface area (TPSA) is 44.1 Å². The van der Waals surface area contributed by atoms with Crippen molar-refractivity contribution in [3.63, 3.8) is 0 Å². The van der Waals surface area contributed by atoms with Crippen molar-refractivity contribution in [3.8, 4) is 0 Å². The number of carbonyl (C=O) groups is 1. The Morgan fingerprint density at radius 3 is 2.90 bits per heavy atom. The molecule has 7 heteroatoms. The van der Waals surface area contributed by atoms with Crippen LogP contribution in [0.25, 0.3) is 0 Å². The van der Waals surface area contributed by atoms with Gasteiger partial charge in [-0.05, 0) is 41.2 Å². The van der Waals surface area contributed by atoms with Gasteiger partial charge in [-0.3, -0.25) is 4.79 Å². The van der Waals surface area contributed by atoms with Gasteiger partial charge in [0, 0.05) is 23.8 Å². The number of hydrogen-bond acceptors (Lipinski definition) is 5. The van der Waals surface area contributed by atoms with Crippen LogP contribution in [0.3, 0.4) is 0 Å². The van der Waals surface area contributed by atoms with Crippen LogP contribution in [0, 0.1) is 13.8 Å². The highest BCUT2D eigenvalue weighted by molar-refractivity contribution is 9.10. The standard InChI is InChI=1S/C14H17BrN2O2S2/c1-9-10(2)17(5-6-19-3)14(16-9)21-8-12(18)13-11(15)4-7-20-13/h4,7H,5-6,8H2,1-3H3. The highest BCUT2D eigenvalue weighted by Crippen LogP contribution is 2.27. The van der Waals surface area contributed by atoms with Crippen LogP contribution < -0.4 is 0 Å². The lowest BCUT2D eigenvalue weighted by atomic mass is 10.3. The summed E-state index contributed by atoms with van der Waals surface area (Å²) in [7, 11) is 1.68. The van der Waals surface area contributed by atoms with Gasteiger partial charge in [-0.15, -0.1) is 11.3 Å². The van der Waals surface area contributed by atoms with Gasteiger partial charge in [0.1, 0.15) is 0 Å². The molecular formula is C14H17BrN2O2S2. The van der Waals surface area contributed by atoms with E-state index in [2.05, 4.69) is 25.5 Å². The smallest absolute Gasteiger partial charge is 0.184 e. The van der Waals surface area contributed by atoms with Gasteiger partial charge in [0.05, 0.1) is 22.9 Å². The van der Waals surface area contributed by atoms with E-state index in [1.165, 1.54) is 23.1 Å². The number of thioether (sulfide) groups is 1. The van der Waals surface area contributed by atoms with Crippen molar-refractivity contribution in [2.45, 2.75) is 25.5 Å². The summed E-state index contributed by atoms with van der Waals surface area (Å²) >= 11 is 6.34. The summed E-state index contributed by atoms with van der Waals surface area (Å²) in [6, 6.07) is 1.90. The fourth-order valence-corrected chi connectivity index (χ4v) is 4.48. The second kappa shape index (κ2) is 7.58. The number of imidazole rings is 1. The molecule has 0 fully saturated rings. The number of ether oxygens (including phenoxy) is 1. The predicted octanol–water partition coefficient (Wildman–Crippen LogP) is 3.95. The van der Waals surface area contributed by atoms with E-state index in [1.54, 1.807) is 7.11 Å². The molecule has 114 valence electrons. The molecule has 0 aliphatic rings. The minimum atomic E-state index is 0.124. The maximum Gasteiger partial charge on any atom is 0.184 e. The third-order valence-corrected chi connectivity index (χ3v) is 6.00. The molecule has 0 unspecified atom stereocenters. The molecule has 21 heavy (non-hydrogen) atoms. The molecule has 0 bridgehead atoms. The van der Waals surface area contributed by atoms with Gasteiger partial charge in [-0.25, -0.2) is 4.98 Å². The number of carbonyl (C=O) groups excluding carboxylic acids is 1. The fourth-order valence-electron chi connectivity index (χ4n) is 1.87. The SMILES string of the molecule is COCCn1c(SCC(=O)c2sccc2Br)nc(C)c1C. The van der Waals surface area contributed by atoms with Crippen molar-refractivity contribution < 1.29 is 9.53 Å². The number of thiophene rings is 1. The third kappa shape index (κ3) is 3.97. The highest BCUT2D eigenvalue weighted by atomic mass is 79.9. The van der Waals surface area contributed by atoms with Gasteiger partial charge in [-0.1, -0.05) is 11.8 Å². The Hall–Kier alpha value is -0.630. The van der Waals surface area contributed by atoms with Crippen molar-refractivity contribution in [3.05, 3.63) is 32.2 Å². The quantitative estimate of drug-likeness (QED) is 0.532. The van der Waals surface area contributed by atoms with Crippen molar-refractivity contribution in [1.29, 1.82) is 0 Å². The van der Waals surface area contributed by atoms with Gasteiger partial charge in [0.2, 0.25) is 0 Å². The zero-order valence-corrected chi connectivity index (χ0v) is 15.4. The molecule has 0 aliphatic heterocycles. The molecule has 2 aromatic heterocycles.